The van der Waals surface area contributed by atoms with Crippen molar-refractivity contribution in [2.24, 2.45) is 5.92 Å². The van der Waals surface area contributed by atoms with Crippen molar-refractivity contribution in [2.75, 3.05) is 19.6 Å². The second-order valence-corrected chi connectivity index (χ2v) is 8.56. The maximum atomic E-state index is 12.7. The molecular weight excluding hydrogens is 443 g/mol. The average molecular weight is 473 g/mol. The summed E-state index contributed by atoms with van der Waals surface area (Å²) in [6.07, 6.45) is 5.08. The molecule has 1 saturated heterocycles. The second-order valence-electron chi connectivity index (χ2n) is 7.75. The van der Waals surface area contributed by atoms with Crippen molar-refractivity contribution in [3.05, 3.63) is 33.8 Å². The Morgan fingerprint density at radius 2 is 1.97 bits per heavy atom. The SMILES string of the molecule is CCCCC[C@@H](CN(O)C=O)C(=O)NNC1CCN(C(=O)c2ccc(Cl)c(Cl)c2)CC1. The van der Waals surface area contributed by atoms with E-state index in [0.717, 1.165) is 19.3 Å². The van der Waals surface area contributed by atoms with Crippen LogP contribution in [0.5, 0.6) is 0 Å². The quantitative estimate of drug-likeness (QED) is 0.198. The fraction of sp³-hybridized carbons (Fsp3) is 0.571. The summed E-state index contributed by atoms with van der Waals surface area (Å²) in [5.41, 5.74) is 6.25. The largest absolute Gasteiger partial charge is 0.339 e. The van der Waals surface area contributed by atoms with Gasteiger partial charge in [-0.2, -0.15) is 0 Å². The number of likely N-dealkylation sites (tertiary alicyclic amines) is 1. The number of carbonyl (C=O) groups is 3. The van der Waals surface area contributed by atoms with Gasteiger partial charge < -0.3 is 4.90 Å². The van der Waals surface area contributed by atoms with Crippen LogP contribution in [0.1, 0.15) is 55.8 Å². The first-order chi connectivity index (χ1) is 14.8. The van der Waals surface area contributed by atoms with Gasteiger partial charge in [-0.1, -0.05) is 49.4 Å². The lowest BCUT2D eigenvalue weighted by molar-refractivity contribution is -0.154. The monoisotopic (exact) mass is 472 g/mol. The Hall–Kier alpha value is -1.87. The van der Waals surface area contributed by atoms with Crippen molar-refractivity contribution in [1.82, 2.24) is 20.8 Å². The molecule has 0 spiro atoms. The Bertz CT molecular complexity index is 757. The number of hydrazine groups is 1. The van der Waals surface area contributed by atoms with Crippen LogP contribution in [0.2, 0.25) is 10.0 Å². The number of piperidine rings is 1. The molecule has 10 heteroatoms. The summed E-state index contributed by atoms with van der Waals surface area (Å²) >= 11 is 11.9. The Kier molecular flexibility index (Phi) is 10.5. The van der Waals surface area contributed by atoms with E-state index in [1.165, 1.54) is 0 Å². The normalized spacial score (nSPS) is 15.4. The van der Waals surface area contributed by atoms with Crippen molar-refractivity contribution in [3.63, 3.8) is 0 Å². The van der Waals surface area contributed by atoms with E-state index >= 15 is 0 Å². The van der Waals surface area contributed by atoms with Crippen LogP contribution in [-0.2, 0) is 9.59 Å². The fourth-order valence-electron chi connectivity index (χ4n) is 3.53. The van der Waals surface area contributed by atoms with Crippen LogP contribution in [-0.4, -0.2) is 59.1 Å². The van der Waals surface area contributed by atoms with Gasteiger partial charge in [-0.05, 0) is 37.5 Å². The number of rotatable bonds is 11. The van der Waals surface area contributed by atoms with Gasteiger partial charge >= 0.3 is 0 Å². The summed E-state index contributed by atoms with van der Waals surface area (Å²) in [5, 5.41) is 10.7. The van der Waals surface area contributed by atoms with Crippen LogP contribution in [0.25, 0.3) is 0 Å². The molecule has 0 radical (unpaired) electrons. The van der Waals surface area contributed by atoms with Crippen LogP contribution in [0, 0.1) is 5.92 Å². The molecule has 31 heavy (non-hydrogen) atoms. The molecule has 1 fully saturated rings. The summed E-state index contributed by atoms with van der Waals surface area (Å²) in [7, 11) is 0. The van der Waals surface area contributed by atoms with Crippen molar-refractivity contribution in [1.29, 1.82) is 0 Å². The Morgan fingerprint density at radius 1 is 1.26 bits per heavy atom. The lowest BCUT2D eigenvalue weighted by atomic mass is 10.0. The number of unbranched alkanes of at least 4 members (excludes halogenated alkanes) is 2. The van der Waals surface area contributed by atoms with Crippen molar-refractivity contribution in [2.45, 2.75) is 51.5 Å². The van der Waals surface area contributed by atoms with E-state index in [1.54, 1.807) is 23.1 Å². The van der Waals surface area contributed by atoms with E-state index in [0.29, 0.717) is 59.4 Å². The molecule has 2 rings (SSSR count). The highest BCUT2D eigenvalue weighted by Gasteiger charge is 2.26. The van der Waals surface area contributed by atoms with Gasteiger partial charge in [-0.25, -0.2) is 10.5 Å². The molecule has 1 aliphatic heterocycles. The van der Waals surface area contributed by atoms with E-state index < -0.39 is 5.92 Å². The van der Waals surface area contributed by atoms with Crippen molar-refractivity contribution in [3.8, 4) is 0 Å². The third-order valence-electron chi connectivity index (χ3n) is 5.40. The summed E-state index contributed by atoms with van der Waals surface area (Å²) in [5.74, 6) is -0.856. The maximum absolute atomic E-state index is 12.7. The Labute approximate surface area is 192 Å². The zero-order valence-electron chi connectivity index (χ0n) is 17.7. The summed E-state index contributed by atoms with van der Waals surface area (Å²) in [6, 6.07) is 4.85. The standard InChI is InChI=1S/C21H30Cl2N4O4/c1-2-3-4-5-16(13-27(31)14-28)20(29)25-24-17-8-10-26(11-9-17)21(30)15-6-7-18(22)19(23)12-15/h6-7,12,14,16-17,24,31H,2-5,8-11,13H2,1H3,(H,25,29)/t16-/m0/s1. The van der Waals surface area contributed by atoms with E-state index in [2.05, 4.69) is 17.8 Å². The molecule has 1 aromatic carbocycles. The molecule has 1 aromatic rings. The summed E-state index contributed by atoms with van der Waals surface area (Å²) < 4.78 is 0. The van der Waals surface area contributed by atoms with Gasteiger partial charge in [-0.3, -0.25) is 25.0 Å². The summed E-state index contributed by atoms with van der Waals surface area (Å²) in [6.45, 7) is 3.11. The molecule has 1 heterocycles. The predicted molar refractivity (Wildman–Crippen MR) is 119 cm³/mol. The van der Waals surface area contributed by atoms with Gasteiger partial charge in [0.25, 0.3) is 5.91 Å². The minimum atomic E-state index is -0.495. The molecule has 0 saturated carbocycles. The zero-order valence-corrected chi connectivity index (χ0v) is 19.2. The molecule has 0 bridgehead atoms. The molecule has 8 nitrogen and oxygen atoms in total. The van der Waals surface area contributed by atoms with Gasteiger partial charge in [0.15, 0.2) is 0 Å². The first kappa shape index (κ1) is 25.4. The van der Waals surface area contributed by atoms with Crippen molar-refractivity contribution < 1.29 is 19.6 Å². The van der Waals surface area contributed by atoms with Gasteiger partial charge in [0, 0.05) is 24.7 Å². The molecule has 1 atom stereocenters. The molecule has 3 amide bonds. The third kappa shape index (κ3) is 7.96. The number of benzene rings is 1. The van der Waals surface area contributed by atoms with Gasteiger partial charge in [0.1, 0.15) is 0 Å². The van der Waals surface area contributed by atoms with Crippen molar-refractivity contribution >= 4 is 41.4 Å². The lowest BCUT2D eigenvalue weighted by Crippen LogP contribution is -2.52. The van der Waals surface area contributed by atoms with Crippen LogP contribution in [0.15, 0.2) is 18.2 Å². The van der Waals surface area contributed by atoms with Crippen LogP contribution in [0.4, 0.5) is 0 Å². The Balaban J connectivity index is 1.81. The number of carbonyl (C=O) groups excluding carboxylic acids is 3. The lowest BCUT2D eigenvalue weighted by Gasteiger charge is -2.33. The fourth-order valence-corrected chi connectivity index (χ4v) is 3.83. The number of nitrogens with one attached hydrogen (secondary N) is 2. The number of amides is 3. The highest BCUT2D eigenvalue weighted by atomic mass is 35.5. The molecule has 1 aliphatic rings. The molecule has 3 N–H and O–H groups in total. The van der Waals surface area contributed by atoms with E-state index in [4.69, 9.17) is 23.2 Å². The zero-order chi connectivity index (χ0) is 22.8. The molecule has 0 aromatic heterocycles. The second kappa shape index (κ2) is 12.9. The first-order valence-electron chi connectivity index (χ1n) is 10.6. The topological polar surface area (TPSA) is 102 Å². The van der Waals surface area contributed by atoms with E-state index in [-0.39, 0.29) is 24.4 Å². The Morgan fingerprint density at radius 3 is 2.58 bits per heavy atom. The van der Waals surface area contributed by atoms with Crippen LogP contribution >= 0.6 is 23.2 Å². The molecule has 0 unspecified atom stereocenters. The van der Waals surface area contributed by atoms with E-state index in [9.17, 15) is 19.6 Å². The minimum Gasteiger partial charge on any atom is -0.339 e. The first-order valence-corrected chi connectivity index (χ1v) is 11.3. The number of hydroxylamine groups is 2. The number of hydrogen-bond donors (Lipinski definition) is 3. The number of halogens is 2. The predicted octanol–water partition coefficient (Wildman–Crippen LogP) is 3.26. The number of hydrogen-bond acceptors (Lipinski definition) is 5. The smallest absolute Gasteiger partial charge is 0.253 e. The van der Waals surface area contributed by atoms with Gasteiger partial charge in [-0.15, -0.1) is 0 Å². The maximum Gasteiger partial charge on any atom is 0.253 e. The highest BCUT2D eigenvalue weighted by Crippen LogP contribution is 2.24. The third-order valence-corrected chi connectivity index (χ3v) is 6.14. The van der Waals surface area contributed by atoms with Crippen LogP contribution in [0.3, 0.4) is 0 Å². The van der Waals surface area contributed by atoms with Gasteiger partial charge in [0.05, 0.1) is 22.5 Å². The average Bonchev–Trinajstić information content (AvgIpc) is 2.78. The van der Waals surface area contributed by atoms with Crippen LogP contribution < -0.4 is 10.9 Å². The van der Waals surface area contributed by atoms with Gasteiger partial charge in [0.2, 0.25) is 12.3 Å². The molecule has 0 aliphatic carbocycles. The summed E-state index contributed by atoms with van der Waals surface area (Å²) in [4.78, 5) is 37.6. The highest BCUT2D eigenvalue weighted by molar-refractivity contribution is 6.42. The molecular formula is C21H30Cl2N4O4. The van der Waals surface area contributed by atoms with E-state index in [1.807, 2.05) is 0 Å². The number of nitrogens with zero attached hydrogens (tertiary/aromatic N) is 2. The molecule has 172 valence electrons. The minimum absolute atomic E-state index is 0.0226.